The van der Waals surface area contributed by atoms with Gasteiger partial charge in [-0.3, -0.25) is 4.79 Å². The van der Waals surface area contributed by atoms with Gasteiger partial charge in [0, 0.05) is 12.6 Å². The lowest BCUT2D eigenvalue weighted by Crippen LogP contribution is -2.39. The maximum absolute atomic E-state index is 13.1. The van der Waals surface area contributed by atoms with Crippen molar-refractivity contribution in [1.29, 1.82) is 0 Å². The van der Waals surface area contributed by atoms with Gasteiger partial charge in [-0.1, -0.05) is 39.8 Å². The van der Waals surface area contributed by atoms with Crippen LogP contribution in [-0.4, -0.2) is 37.9 Å². The molecule has 0 bridgehead atoms. The maximum atomic E-state index is 13.1. The quantitative estimate of drug-likeness (QED) is 0.694. The van der Waals surface area contributed by atoms with Crippen LogP contribution in [0.1, 0.15) is 53.0 Å². The first-order valence-corrected chi connectivity index (χ1v) is 10.3. The molecule has 0 radical (unpaired) electrons. The molecule has 1 unspecified atom stereocenters. The van der Waals surface area contributed by atoms with Gasteiger partial charge < -0.3 is 4.74 Å². The fourth-order valence-electron chi connectivity index (χ4n) is 2.70. The molecule has 1 fully saturated rings. The van der Waals surface area contributed by atoms with Crippen LogP contribution >= 0.6 is 0 Å². The molecule has 1 aromatic carbocycles. The monoisotopic (exact) mass is 367 g/mol. The van der Waals surface area contributed by atoms with Crippen LogP contribution in [0.15, 0.2) is 29.2 Å². The first kappa shape index (κ1) is 19.9. The molecule has 1 aliphatic rings. The summed E-state index contributed by atoms with van der Waals surface area (Å²) in [5, 5.41) is 0. The molecule has 0 heterocycles. The molecule has 0 aromatic heterocycles. The summed E-state index contributed by atoms with van der Waals surface area (Å²) in [6.45, 7) is 10.2. The van der Waals surface area contributed by atoms with Crippen LogP contribution in [0, 0.1) is 5.92 Å². The van der Waals surface area contributed by atoms with Crippen molar-refractivity contribution >= 4 is 16.0 Å². The van der Waals surface area contributed by atoms with Crippen LogP contribution in [0.2, 0.25) is 0 Å². The summed E-state index contributed by atoms with van der Waals surface area (Å²) < 4.78 is 32.6. The average Bonchev–Trinajstić information content (AvgIpc) is 3.36. The van der Waals surface area contributed by atoms with Gasteiger partial charge >= 0.3 is 5.97 Å². The Hall–Kier alpha value is -1.40. The van der Waals surface area contributed by atoms with E-state index in [1.54, 1.807) is 26.0 Å². The second-order valence-electron chi connectivity index (χ2n) is 7.73. The first-order chi connectivity index (χ1) is 11.6. The van der Waals surface area contributed by atoms with Gasteiger partial charge in [-0.15, -0.1) is 0 Å². The summed E-state index contributed by atoms with van der Waals surface area (Å²) in [6.07, 6.45) is 1.68. The molecule has 0 aliphatic heterocycles. The van der Waals surface area contributed by atoms with Gasteiger partial charge in [0.15, 0.2) is 0 Å². The molecule has 1 aromatic rings. The van der Waals surface area contributed by atoms with Crippen LogP contribution in [-0.2, 0) is 25.0 Å². The highest BCUT2D eigenvalue weighted by Crippen LogP contribution is 2.33. The average molecular weight is 368 g/mol. The third-order valence-electron chi connectivity index (χ3n) is 4.42. The molecule has 2 rings (SSSR count). The van der Waals surface area contributed by atoms with Gasteiger partial charge in [0.1, 0.15) is 0 Å². The molecule has 0 N–H and O–H groups in total. The molecular weight excluding hydrogens is 338 g/mol. The zero-order chi connectivity index (χ0) is 18.8. The van der Waals surface area contributed by atoms with Gasteiger partial charge in [-0.05, 0) is 42.9 Å². The van der Waals surface area contributed by atoms with E-state index in [9.17, 15) is 13.2 Å². The number of rotatable bonds is 7. The highest BCUT2D eigenvalue weighted by Gasteiger charge is 2.39. The lowest BCUT2D eigenvalue weighted by Gasteiger charge is -2.25. The minimum Gasteiger partial charge on any atom is -0.466 e. The van der Waals surface area contributed by atoms with E-state index in [1.165, 1.54) is 4.31 Å². The molecule has 0 amide bonds. The molecule has 140 valence electrons. The van der Waals surface area contributed by atoms with Crippen LogP contribution in [0.4, 0.5) is 0 Å². The van der Waals surface area contributed by atoms with Crippen molar-refractivity contribution in [3.05, 3.63) is 29.8 Å². The van der Waals surface area contributed by atoms with Crippen molar-refractivity contribution in [3.8, 4) is 0 Å². The van der Waals surface area contributed by atoms with Gasteiger partial charge in [0.2, 0.25) is 10.0 Å². The summed E-state index contributed by atoms with van der Waals surface area (Å²) >= 11 is 0. The van der Waals surface area contributed by atoms with E-state index in [0.29, 0.717) is 6.61 Å². The highest BCUT2D eigenvalue weighted by atomic mass is 32.2. The Morgan fingerprint density at radius 2 is 1.80 bits per heavy atom. The number of ether oxygens (including phenoxy) is 1. The summed E-state index contributed by atoms with van der Waals surface area (Å²) in [5.41, 5.74) is 1.06. The van der Waals surface area contributed by atoms with E-state index in [4.69, 9.17) is 4.74 Å². The molecule has 1 atom stereocenters. The lowest BCUT2D eigenvalue weighted by atomic mass is 9.87. The van der Waals surface area contributed by atoms with Gasteiger partial charge in [0.05, 0.1) is 17.4 Å². The fourth-order valence-corrected chi connectivity index (χ4v) is 4.47. The lowest BCUT2D eigenvalue weighted by molar-refractivity contribution is -0.147. The Morgan fingerprint density at radius 1 is 1.24 bits per heavy atom. The van der Waals surface area contributed by atoms with E-state index in [2.05, 4.69) is 20.8 Å². The minimum atomic E-state index is -3.62. The van der Waals surface area contributed by atoms with Gasteiger partial charge in [-0.25, -0.2) is 8.42 Å². The number of carbonyl (C=O) groups excluding carboxylic acids is 1. The summed E-state index contributed by atoms with van der Waals surface area (Å²) in [7, 11) is -3.62. The number of sulfonamides is 1. The Morgan fingerprint density at radius 3 is 2.24 bits per heavy atom. The van der Waals surface area contributed by atoms with Crippen LogP contribution in [0.25, 0.3) is 0 Å². The van der Waals surface area contributed by atoms with Gasteiger partial charge in [0.25, 0.3) is 0 Å². The summed E-state index contributed by atoms with van der Waals surface area (Å²) in [5.74, 6) is -0.837. The standard InChI is InChI=1S/C19H29NO4S/c1-6-24-18(21)14(2)13-20(16-9-10-16)25(22,23)17-11-7-15(8-12-17)19(3,4)5/h7-8,11-12,14,16H,6,9-10,13H2,1-5H3. The Labute approximate surface area is 151 Å². The van der Waals surface area contributed by atoms with E-state index in [-0.39, 0.29) is 28.9 Å². The second kappa shape index (κ2) is 7.46. The predicted octanol–water partition coefficient (Wildman–Crippen LogP) is 3.34. The van der Waals surface area contributed by atoms with Crippen molar-refractivity contribution < 1.29 is 17.9 Å². The van der Waals surface area contributed by atoms with E-state index in [1.807, 2.05) is 12.1 Å². The minimum absolute atomic E-state index is 0.0100. The van der Waals surface area contributed by atoms with E-state index in [0.717, 1.165) is 18.4 Å². The smallest absolute Gasteiger partial charge is 0.309 e. The predicted molar refractivity (Wildman–Crippen MR) is 97.9 cm³/mol. The summed E-state index contributed by atoms with van der Waals surface area (Å²) in [4.78, 5) is 12.2. The molecule has 1 aliphatic carbocycles. The van der Waals surface area contributed by atoms with E-state index >= 15 is 0 Å². The number of nitrogens with zero attached hydrogens (tertiary/aromatic N) is 1. The molecule has 0 spiro atoms. The fraction of sp³-hybridized carbons (Fsp3) is 0.632. The van der Waals surface area contributed by atoms with Crippen molar-refractivity contribution in [3.63, 3.8) is 0 Å². The third kappa shape index (κ3) is 4.82. The maximum Gasteiger partial charge on any atom is 0.309 e. The normalized spacial score (nSPS) is 16.7. The topological polar surface area (TPSA) is 63.7 Å². The van der Waals surface area contributed by atoms with Gasteiger partial charge in [-0.2, -0.15) is 4.31 Å². The third-order valence-corrected chi connectivity index (χ3v) is 6.36. The molecule has 6 heteroatoms. The Bertz CT molecular complexity index is 700. The van der Waals surface area contributed by atoms with Crippen molar-refractivity contribution in [1.82, 2.24) is 4.31 Å². The molecule has 25 heavy (non-hydrogen) atoms. The van der Waals surface area contributed by atoms with Crippen molar-refractivity contribution in [2.75, 3.05) is 13.2 Å². The SMILES string of the molecule is CCOC(=O)C(C)CN(C1CC1)S(=O)(=O)c1ccc(C(C)(C)C)cc1. The number of carbonyl (C=O) groups is 1. The molecule has 1 saturated carbocycles. The largest absolute Gasteiger partial charge is 0.466 e. The zero-order valence-corrected chi connectivity index (χ0v) is 16.6. The molecule has 0 saturated heterocycles. The van der Waals surface area contributed by atoms with E-state index < -0.39 is 15.9 Å². The second-order valence-corrected chi connectivity index (χ2v) is 9.62. The van der Waals surface area contributed by atoms with Crippen LogP contribution in [0.5, 0.6) is 0 Å². The zero-order valence-electron chi connectivity index (χ0n) is 15.8. The van der Waals surface area contributed by atoms with Crippen LogP contribution in [0.3, 0.4) is 0 Å². The number of benzene rings is 1. The summed E-state index contributed by atoms with van der Waals surface area (Å²) in [6, 6.07) is 7.06. The number of hydrogen-bond acceptors (Lipinski definition) is 4. The molecular formula is C19H29NO4S. The highest BCUT2D eigenvalue weighted by molar-refractivity contribution is 7.89. The first-order valence-electron chi connectivity index (χ1n) is 8.86. The Balaban J connectivity index is 2.23. The molecule has 5 nitrogen and oxygen atoms in total. The van der Waals surface area contributed by atoms with Crippen molar-refractivity contribution in [2.45, 2.75) is 63.8 Å². The van der Waals surface area contributed by atoms with Crippen LogP contribution < -0.4 is 0 Å². The Kier molecular flexibility index (Phi) is 5.94. The number of esters is 1. The number of hydrogen-bond donors (Lipinski definition) is 0. The van der Waals surface area contributed by atoms with Crippen molar-refractivity contribution in [2.24, 2.45) is 5.92 Å².